The molecule has 4 heterocycles. The van der Waals surface area contributed by atoms with E-state index in [4.69, 9.17) is 9.40 Å². The topological polar surface area (TPSA) is 93.3 Å². The van der Waals surface area contributed by atoms with Gasteiger partial charge in [-0.15, -0.1) is 0 Å². The number of anilines is 1. The van der Waals surface area contributed by atoms with Gasteiger partial charge in [0.15, 0.2) is 5.76 Å². The largest absolute Gasteiger partial charge is 0.460 e. The number of hydrogen-bond acceptors (Lipinski definition) is 5. The average Bonchev–Trinajstić information content (AvgIpc) is 3.26. The summed E-state index contributed by atoms with van der Waals surface area (Å²) in [6.07, 6.45) is 5.24. The minimum absolute atomic E-state index is 0.0172. The first-order valence-electron chi connectivity index (χ1n) is 11.0. The molecule has 0 radical (unpaired) electrons. The molecular weight excluding hydrogens is 430 g/mol. The molecule has 0 saturated heterocycles. The fourth-order valence-electron chi connectivity index (χ4n) is 3.62. The van der Waals surface area contributed by atoms with Crippen LogP contribution in [0.1, 0.15) is 31.2 Å². The Morgan fingerprint density at radius 3 is 2.65 bits per heavy atom. The molecular formula is C26H27N5O3. The van der Waals surface area contributed by atoms with Crippen molar-refractivity contribution < 1.29 is 9.21 Å². The summed E-state index contributed by atoms with van der Waals surface area (Å²) < 4.78 is 7.53. The third-order valence-corrected chi connectivity index (χ3v) is 5.40. The van der Waals surface area contributed by atoms with Gasteiger partial charge in [0.25, 0.3) is 5.56 Å². The van der Waals surface area contributed by atoms with Crippen molar-refractivity contribution >= 4 is 11.8 Å². The highest BCUT2D eigenvalue weighted by atomic mass is 16.3. The fraction of sp³-hybridized carbons (Fsp3) is 0.231. The highest BCUT2D eigenvalue weighted by Crippen LogP contribution is 2.33. The molecule has 174 valence electrons. The van der Waals surface area contributed by atoms with E-state index in [0.717, 1.165) is 22.5 Å². The number of rotatable bonds is 6. The summed E-state index contributed by atoms with van der Waals surface area (Å²) in [6, 6.07) is 14.1. The molecule has 8 nitrogen and oxygen atoms in total. The summed E-state index contributed by atoms with van der Waals surface area (Å²) in [7, 11) is 1.71. The Hall–Kier alpha value is -4.20. The van der Waals surface area contributed by atoms with Crippen molar-refractivity contribution in [3.63, 3.8) is 0 Å². The molecule has 4 rings (SSSR count). The van der Waals surface area contributed by atoms with Gasteiger partial charge in [0.2, 0.25) is 0 Å². The Morgan fingerprint density at radius 2 is 1.97 bits per heavy atom. The first-order chi connectivity index (χ1) is 16.3. The second kappa shape index (κ2) is 9.74. The fourth-order valence-corrected chi connectivity index (χ4v) is 3.62. The summed E-state index contributed by atoms with van der Waals surface area (Å²) in [5, 5.41) is 2.85. The number of nitrogens with one attached hydrogen (secondary N) is 1. The minimum atomic E-state index is -0.293. The number of aromatic nitrogens is 3. The summed E-state index contributed by atoms with van der Waals surface area (Å²) >= 11 is 0. The molecule has 4 aromatic rings. The highest BCUT2D eigenvalue weighted by Gasteiger charge is 2.17. The maximum atomic E-state index is 12.8. The maximum absolute atomic E-state index is 12.8. The molecule has 0 aliphatic carbocycles. The predicted octanol–water partition coefficient (Wildman–Crippen LogP) is 5.12. The Bertz CT molecular complexity index is 1360. The van der Waals surface area contributed by atoms with Crippen molar-refractivity contribution in [2.24, 2.45) is 0 Å². The third kappa shape index (κ3) is 5.06. The van der Waals surface area contributed by atoms with Crippen LogP contribution in [0.3, 0.4) is 0 Å². The monoisotopic (exact) mass is 457 g/mol. The van der Waals surface area contributed by atoms with Crippen LogP contribution in [0.25, 0.3) is 22.6 Å². The minimum Gasteiger partial charge on any atom is -0.460 e. The van der Waals surface area contributed by atoms with Crippen molar-refractivity contribution in [3.8, 4) is 22.6 Å². The molecule has 0 aromatic carbocycles. The van der Waals surface area contributed by atoms with Crippen LogP contribution < -0.4 is 10.9 Å². The molecule has 2 amide bonds. The van der Waals surface area contributed by atoms with Gasteiger partial charge in [-0.3, -0.25) is 15.1 Å². The van der Waals surface area contributed by atoms with Gasteiger partial charge in [0.05, 0.1) is 0 Å². The van der Waals surface area contributed by atoms with Gasteiger partial charge in [-0.1, -0.05) is 6.07 Å². The zero-order valence-corrected chi connectivity index (χ0v) is 19.6. The van der Waals surface area contributed by atoms with Crippen molar-refractivity contribution in [1.82, 2.24) is 19.4 Å². The molecule has 1 N–H and O–H groups in total. The Kier molecular flexibility index (Phi) is 6.58. The van der Waals surface area contributed by atoms with Crippen molar-refractivity contribution in [2.75, 3.05) is 12.4 Å². The summed E-state index contributed by atoms with van der Waals surface area (Å²) in [6.45, 7) is 6.20. The van der Waals surface area contributed by atoms with Gasteiger partial charge >= 0.3 is 6.03 Å². The van der Waals surface area contributed by atoms with E-state index in [9.17, 15) is 9.59 Å². The smallest absolute Gasteiger partial charge is 0.323 e. The first-order valence-corrected chi connectivity index (χ1v) is 11.0. The van der Waals surface area contributed by atoms with Gasteiger partial charge < -0.3 is 13.9 Å². The zero-order valence-electron chi connectivity index (χ0n) is 19.6. The summed E-state index contributed by atoms with van der Waals surface area (Å²) in [5.41, 5.74) is 3.06. The van der Waals surface area contributed by atoms with Crippen molar-refractivity contribution in [2.45, 2.75) is 33.4 Å². The third-order valence-electron chi connectivity index (χ3n) is 5.40. The van der Waals surface area contributed by atoms with E-state index in [0.29, 0.717) is 23.8 Å². The van der Waals surface area contributed by atoms with Gasteiger partial charge in [0, 0.05) is 55.4 Å². The van der Waals surface area contributed by atoms with Gasteiger partial charge in [-0.2, -0.15) is 0 Å². The van der Waals surface area contributed by atoms with E-state index in [-0.39, 0.29) is 17.6 Å². The molecule has 0 aliphatic rings. The van der Waals surface area contributed by atoms with Crippen LogP contribution in [0.2, 0.25) is 0 Å². The van der Waals surface area contributed by atoms with Crippen LogP contribution in [0.15, 0.2) is 76.3 Å². The number of carbonyl (C=O) groups excluding carboxylic acids is 1. The van der Waals surface area contributed by atoms with Crippen LogP contribution in [0, 0.1) is 6.92 Å². The first kappa shape index (κ1) is 23.0. The molecule has 0 unspecified atom stereocenters. The number of urea groups is 1. The van der Waals surface area contributed by atoms with Crippen molar-refractivity contribution in [3.05, 3.63) is 88.8 Å². The normalized spacial score (nSPS) is 11.0. The number of carbonyl (C=O) groups is 1. The standard InChI is InChI=1S/C26H27N5O3/c1-17(2)31-16-20(8-12-24(31)32)21-9-11-23(28-25(21)22-10-7-18(3)34-22)29-26(33)30(4)15-19-6-5-13-27-14-19/h5-14,16-17H,15H2,1-4H3,(H,28,29,33). The molecule has 4 aromatic heterocycles. The van der Waals surface area contributed by atoms with Crippen LogP contribution >= 0.6 is 0 Å². The van der Waals surface area contributed by atoms with Gasteiger partial charge in [-0.05, 0) is 62.7 Å². The average molecular weight is 458 g/mol. The molecule has 34 heavy (non-hydrogen) atoms. The Balaban J connectivity index is 1.67. The molecule has 0 spiro atoms. The summed E-state index contributed by atoms with van der Waals surface area (Å²) in [4.78, 5) is 35.4. The van der Waals surface area contributed by atoms with Gasteiger partial charge in [0.1, 0.15) is 17.3 Å². The van der Waals surface area contributed by atoms with Crippen LogP contribution in [0.5, 0.6) is 0 Å². The van der Waals surface area contributed by atoms with Crippen LogP contribution in [0.4, 0.5) is 10.6 Å². The second-order valence-electron chi connectivity index (χ2n) is 8.41. The lowest BCUT2D eigenvalue weighted by Gasteiger charge is -2.18. The Labute approximate surface area is 197 Å². The number of nitrogens with zero attached hydrogens (tertiary/aromatic N) is 4. The van der Waals surface area contributed by atoms with E-state index in [2.05, 4.69) is 10.3 Å². The lowest BCUT2D eigenvalue weighted by molar-refractivity contribution is 0.220. The van der Waals surface area contributed by atoms with E-state index in [1.165, 1.54) is 0 Å². The number of amides is 2. The van der Waals surface area contributed by atoms with E-state index < -0.39 is 0 Å². The van der Waals surface area contributed by atoms with E-state index in [1.807, 2.05) is 57.3 Å². The highest BCUT2D eigenvalue weighted by molar-refractivity contribution is 5.89. The number of pyridine rings is 3. The molecule has 0 aliphatic heterocycles. The number of aryl methyl sites for hydroxylation is 1. The van der Waals surface area contributed by atoms with Crippen molar-refractivity contribution in [1.29, 1.82) is 0 Å². The maximum Gasteiger partial charge on any atom is 0.323 e. The molecule has 0 saturated carbocycles. The number of furan rings is 1. The lowest BCUT2D eigenvalue weighted by atomic mass is 10.0. The van der Waals surface area contributed by atoms with Crippen LogP contribution in [-0.4, -0.2) is 32.5 Å². The molecule has 0 atom stereocenters. The van der Waals surface area contributed by atoms with Gasteiger partial charge in [-0.25, -0.2) is 9.78 Å². The Morgan fingerprint density at radius 1 is 1.15 bits per heavy atom. The zero-order chi connectivity index (χ0) is 24.2. The molecule has 0 fully saturated rings. The predicted molar refractivity (Wildman–Crippen MR) is 131 cm³/mol. The van der Waals surface area contributed by atoms with E-state index in [1.54, 1.807) is 47.1 Å². The quantitative estimate of drug-likeness (QED) is 0.434. The van der Waals surface area contributed by atoms with Crippen LogP contribution in [-0.2, 0) is 6.54 Å². The lowest BCUT2D eigenvalue weighted by Crippen LogP contribution is -2.31. The molecule has 0 bridgehead atoms. The molecule has 8 heteroatoms. The second-order valence-corrected chi connectivity index (χ2v) is 8.41. The number of hydrogen-bond donors (Lipinski definition) is 1. The van der Waals surface area contributed by atoms with E-state index >= 15 is 0 Å². The SMILES string of the molecule is Cc1ccc(-c2nc(NC(=O)N(C)Cc3cccnc3)ccc2-c2ccc(=O)n(C(C)C)c2)o1. The summed E-state index contributed by atoms with van der Waals surface area (Å²) in [5.74, 6) is 1.73.